The minimum atomic E-state index is 0.297. The van der Waals surface area contributed by atoms with E-state index in [1.165, 1.54) is 11.3 Å². The molecule has 1 unspecified atom stereocenters. The lowest BCUT2D eigenvalue weighted by Crippen LogP contribution is -2.30. The SMILES string of the molecule is Cc1ccc(NC(C)C(C)(C)C)cc1. The van der Waals surface area contributed by atoms with Gasteiger partial charge >= 0.3 is 0 Å². The summed E-state index contributed by atoms with van der Waals surface area (Å²) in [4.78, 5) is 0. The molecule has 0 amide bonds. The normalized spacial score (nSPS) is 13.8. The number of benzene rings is 1. The van der Waals surface area contributed by atoms with Gasteiger partial charge in [0.2, 0.25) is 0 Å². The second kappa shape index (κ2) is 4.04. The van der Waals surface area contributed by atoms with E-state index in [2.05, 4.69) is 64.2 Å². The molecule has 0 aliphatic carbocycles. The molecule has 0 aromatic heterocycles. The molecule has 0 heterocycles. The first-order valence-corrected chi connectivity index (χ1v) is 5.23. The van der Waals surface area contributed by atoms with Crippen molar-refractivity contribution in [3.8, 4) is 0 Å². The summed E-state index contributed by atoms with van der Waals surface area (Å²) < 4.78 is 0. The summed E-state index contributed by atoms with van der Waals surface area (Å²) >= 11 is 0. The first-order valence-electron chi connectivity index (χ1n) is 5.23. The topological polar surface area (TPSA) is 12.0 Å². The Morgan fingerprint density at radius 3 is 2.00 bits per heavy atom. The summed E-state index contributed by atoms with van der Waals surface area (Å²) in [5, 5.41) is 3.51. The fourth-order valence-electron chi connectivity index (χ4n) is 1.12. The maximum atomic E-state index is 3.51. The highest BCUT2D eigenvalue weighted by atomic mass is 14.9. The zero-order valence-corrected chi connectivity index (χ0v) is 9.89. The molecule has 1 atom stereocenters. The van der Waals surface area contributed by atoms with E-state index in [4.69, 9.17) is 0 Å². The molecule has 0 aliphatic rings. The number of hydrogen-bond acceptors (Lipinski definition) is 1. The molecular weight excluding hydrogens is 170 g/mol. The lowest BCUT2D eigenvalue weighted by molar-refractivity contribution is 0.359. The van der Waals surface area contributed by atoms with Crippen molar-refractivity contribution >= 4 is 5.69 Å². The van der Waals surface area contributed by atoms with Crippen molar-refractivity contribution in [1.29, 1.82) is 0 Å². The van der Waals surface area contributed by atoms with Gasteiger partial charge in [0.05, 0.1) is 0 Å². The summed E-state index contributed by atoms with van der Waals surface area (Å²) in [6.45, 7) is 11.1. The Kier molecular flexibility index (Phi) is 3.20. The van der Waals surface area contributed by atoms with Crippen LogP contribution in [-0.4, -0.2) is 6.04 Å². The molecule has 1 aromatic carbocycles. The zero-order chi connectivity index (χ0) is 10.8. The lowest BCUT2D eigenvalue weighted by atomic mass is 9.88. The third kappa shape index (κ3) is 3.06. The van der Waals surface area contributed by atoms with Crippen LogP contribution < -0.4 is 5.32 Å². The van der Waals surface area contributed by atoms with Gasteiger partial charge in [-0.1, -0.05) is 38.5 Å². The van der Waals surface area contributed by atoms with E-state index in [1.807, 2.05) is 0 Å². The zero-order valence-electron chi connectivity index (χ0n) is 9.89. The maximum absolute atomic E-state index is 3.51. The minimum absolute atomic E-state index is 0.297. The number of hydrogen-bond donors (Lipinski definition) is 1. The van der Waals surface area contributed by atoms with E-state index in [9.17, 15) is 0 Å². The molecule has 0 saturated heterocycles. The van der Waals surface area contributed by atoms with Crippen LogP contribution in [0.15, 0.2) is 24.3 Å². The van der Waals surface area contributed by atoms with E-state index >= 15 is 0 Å². The van der Waals surface area contributed by atoms with E-state index < -0.39 is 0 Å². The van der Waals surface area contributed by atoms with E-state index in [0.717, 1.165) is 0 Å². The van der Waals surface area contributed by atoms with Crippen LogP contribution in [0.1, 0.15) is 33.3 Å². The number of nitrogens with one attached hydrogen (secondary N) is 1. The van der Waals surface area contributed by atoms with Crippen LogP contribution in [0, 0.1) is 12.3 Å². The van der Waals surface area contributed by atoms with Crippen LogP contribution in [-0.2, 0) is 0 Å². The Labute approximate surface area is 87.5 Å². The summed E-state index contributed by atoms with van der Waals surface area (Å²) in [5.41, 5.74) is 2.81. The van der Waals surface area contributed by atoms with Crippen LogP contribution in [0.3, 0.4) is 0 Å². The molecule has 1 rings (SSSR count). The summed E-state index contributed by atoms with van der Waals surface area (Å²) in [6.07, 6.45) is 0. The average molecular weight is 191 g/mol. The Balaban J connectivity index is 2.65. The van der Waals surface area contributed by atoms with E-state index in [0.29, 0.717) is 11.5 Å². The van der Waals surface area contributed by atoms with Gasteiger partial charge in [-0.25, -0.2) is 0 Å². The van der Waals surface area contributed by atoms with Gasteiger partial charge in [-0.05, 0) is 31.4 Å². The Bertz CT molecular complexity index is 279. The standard InChI is InChI=1S/C13H21N/c1-10-6-8-12(9-7-10)14-11(2)13(3,4)5/h6-9,11,14H,1-5H3. The van der Waals surface area contributed by atoms with Crippen molar-refractivity contribution in [3.63, 3.8) is 0 Å². The largest absolute Gasteiger partial charge is 0.382 e. The third-order valence-electron chi connectivity index (χ3n) is 2.73. The van der Waals surface area contributed by atoms with Crippen LogP contribution >= 0.6 is 0 Å². The van der Waals surface area contributed by atoms with Crippen molar-refractivity contribution in [2.75, 3.05) is 5.32 Å². The third-order valence-corrected chi connectivity index (χ3v) is 2.73. The Morgan fingerprint density at radius 2 is 1.57 bits per heavy atom. The molecule has 0 bridgehead atoms. The van der Waals surface area contributed by atoms with Crippen LogP contribution in [0.2, 0.25) is 0 Å². The van der Waals surface area contributed by atoms with Crippen LogP contribution in [0.4, 0.5) is 5.69 Å². The quantitative estimate of drug-likeness (QED) is 0.749. The number of anilines is 1. The van der Waals surface area contributed by atoms with Gasteiger partial charge in [0.1, 0.15) is 0 Å². The number of rotatable bonds is 2. The molecule has 0 aliphatic heterocycles. The molecule has 14 heavy (non-hydrogen) atoms. The molecule has 1 aromatic rings. The summed E-state index contributed by atoms with van der Waals surface area (Å²) in [5.74, 6) is 0. The molecule has 0 saturated carbocycles. The smallest absolute Gasteiger partial charge is 0.0342 e. The van der Waals surface area contributed by atoms with Gasteiger partial charge in [-0.2, -0.15) is 0 Å². The summed E-state index contributed by atoms with van der Waals surface area (Å²) in [6, 6.07) is 9.02. The van der Waals surface area contributed by atoms with Crippen LogP contribution in [0.25, 0.3) is 0 Å². The first kappa shape index (κ1) is 11.1. The average Bonchev–Trinajstić information content (AvgIpc) is 2.07. The Hall–Kier alpha value is -0.980. The van der Waals surface area contributed by atoms with Gasteiger partial charge in [0.15, 0.2) is 0 Å². The van der Waals surface area contributed by atoms with Crippen molar-refractivity contribution < 1.29 is 0 Å². The number of aryl methyl sites for hydroxylation is 1. The van der Waals surface area contributed by atoms with Crippen molar-refractivity contribution in [3.05, 3.63) is 29.8 Å². The van der Waals surface area contributed by atoms with Gasteiger partial charge in [-0.3, -0.25) is 0 Å². The second-order valence-electron chi connectivity index (χ2n) is 5.10. The Morgan fingerprint density at radius 1 is 1.07 bits per heavy atom. The first-order chi connectivity index (χ1) is 6.39. The van der Waals surface area contributed by atoms with Crippen LogP contribution in [0.5, 0.6) is 0 Å². The minimum Gasteiger partial charge on any atom is -0.382 e. The molecule has 78 valence electrons. The lowest BCUT2D eigenvalue weighted by Gasteiger charge is -2.29. The molecule has 0 radical (unpaired) electrons. The van der Waals surface area contributed by atoms with Crippen molar-refractivity contribution in [1.82, 2.24) is 0 Å². The van der Waals surface area contributed by atoms with Crippen molar-refractivity contribution in [2.45, 2.75) is 40.7 Å². The van der Waals surface area contributed by atoms with Crippen molar-refractivity contribution in [2.24, 2.45) is 5.41 Å². The molecular formula is C13H21N. The molecule has 1 N–H and O–H groups in total. The molecule has 0 fully saturated rings. The van der Waals surface area contributed by atoms with Gasteiger partial charge in [0, 0.05) is 11.7 Å². The predicted octanol–water partition coefficient (Wildman–Crippen LogP) is 3.84. The molecule has 1 heteroatoms. The maximum Gasteiger partial charge on any atom is 0.0342 e. The van der Waals surface area contributed by atoms with Gasteiger partial charge in [0.25, 0.3) is 0 Å². The highest BCUT2D eigenvalue weighted by Crippen LogP contribution is 2.22. The van der Waals surface area contributed by atoms with Gasteiger partial charge < -0.3 is 5.32 Å². The molecule has 0 spiro atoms. The predicted molar refractivity (Wildman–Crippen MR) is 63.7 cm³/mol. The van der Waals surface area contributed by atoms with Gasteiger partial charge in [-0.15, -0.1) is 0 Å². The molecule has 1 nitrogen and oxygen atoms in total. The summed E-state index contributed by atoms with van der Waals surface area (Å²) in [7, 11) is 0. The fourth-order valence-corrected chi connectivity index (χ4v) is 1.12. The van der Waals surface area contributed by atoms with E-state index in [1.54, 1.807) is 0 Å². The second-order valence-corrected chi connectivity index (χ2v) is 5.10. The fraction of sp³-hybridized carbons (Fsp3) is 0.538. The monoisotopic (exact) mass is 191 g/mol. The highest BCUT2D eigenvalue weighted by molar-refractivity contribution is 5.45. The van der Waals surface area contributed by atoms with E-state index in [-0.39, 0.29) is 0 Å². The highest BCUT2D eigenvalue weighted by Gasteiger charge is 2.19.